The van der Waals surface area contributed by atoms with Gasteiger partial charge in [-0.25, -0.2) is 8.42 Å². The first-order valence-corrected chi connectivity index (χ1v) is 7.76. The number of nitrogens with one attached hydrogen (secondary N) is 2. The lowest BCUT2D eigenvalue weighted by Crippen LogP contribution is -2.51. The Morgan fingerprint density at radius 2 is 2.06 bits per heavy atom. The first-order chi connectivity index (χ1) is 7.66. The van der Waals surface area contributed by atoms with Crippen molar-refractivity contribution in [1.82, 2.24) is 10.6 Å². The van der Waals surface area contributed by atoms with E-state index in [4.69, 9.17) is 0 Å². The smallest absolute Gasteiger partial charge is 0.241 e. The zero-order valence-corrected chi connectivity index (χ0v) is 11.7. The molecule has 1 fully saturated rings. The fourth-order valence-corrected chi connectivity index (χ4v) is 2.17. The lowest BCUT2D eigenvalue weighted by atomic mass is 10.00. The van der Waals surface area contributed by atoms with Crippen molar-refractivity contribution < 1.29 is 13.2 Å². The maximum absolute atomic E-state index is 12.0. The Morgan fingerprint density at radius 1 is 1.47 bits per heavy atom. The van der Waals surface area contributed by atoms with Gasteiger partial charge in [-0.1, -0.05) is 0 Å². The van der Waals surface area contributed by atoms with Gasteiger partial charge in [0.05, 0.1) is 0 Å². The Hall–Kier alpha value is -0.620. The molecule has 5 nitrogen and oxygen atoms in total. The topological polar surface area (TPSA) is 75.3 Å². The van der Waals surface area contributed by atoms with E-state index in [-0.39, 0.29) is 6.04 Å². The number of amides is 1. The summed E-state index contributed by atoms with van der Waals surface area (Å²) in [5.74, 6) is -0.0336. The van der Waals surface area contributed by atoms with Gasteiger partial charge in [-0.2, -0.15) is 0 Å². The van der Waals surface area contributed by atoms with Gasteiger partial charge in [0.2, 0.25) is 5.91 Å². The highest BCUT2D eigenvalue weighted by molar-refractivity contribution is 7.92. The summed E-state index contributed by atoms with van der Waals surface area (Å²) in [6.07, 6.45) is 2.11. The minimum atomic E-state index is -3.40. The Labute approximate surface area is 103 Å². The number of carbonyl (C=O) groups is 1. The third-order valence-corrected chi connectivity index (χ3v) is 5.68. The third kappa shape index (κ3) is 3.19. The molecule has 0 aromatic heterocycles. The third-order valence-electron chi connectivity index (χ3n) is 3.64. The largest absolute Gasteiger partial charge is 0.352 e. The van der Waals surface area contributed by atoms with Crippen molar-refractivity contribution in [2.45, 2.75) is 38.0 Å². The normalized spacial score (nSPS) is 23.4. The van der Waals surface area contributed by atoms with Crippen LogP contribution in [0, 0.1) is 5.92 Å². The second kappa shape index (κ2) is 4.94. The van der Waals surface area contributed by atoms with Gasteiger partial charge in [-0.15, -0.1) is 0 Å². The Morgan fingerprint density at radius 3 is 2.47 bits per heavy atom. The van der Waals surface area contributed by atoms with Crippen LogP contribution in [0.3, 0.4) is 0 Å². The zero-order valence-electron chi connectivity index (χ0n) is 10.9. The molecule has 0 aliphatic carbocycles. The minimum absolute atomic E-state index is 0.00137. The van der Waals surface area contributed by atoms with Crippen LogP contribution in [0.15, 0.2) is 0 Å². The van der Waals surface area contributed by atoms with Crippen molar-refractivity contribution >= 4 is 15.7 Å². The number of hydrogen-bond acceptors (Lipinski definition) is 4. The summed E-state index contributed by atoms with van der Waals surface area (Å²) >= 11 is 0. The minimum Gasteiger partial charge on any atom is -0.352 e. The number of rotatable bonds is 4. The summed E-state index contributed by atoms with van der Waals surface area (Å²) in [4.78, 5) is 12.0. The van der Waals surface area contributed by atoms with E-state index in [0.717, 1.165) is 25.8 Å². The van der Waals surface area contributed by atoms with Crippen molar-refractivity contribution in [2.24, 2.45) is 5.92 Å². The Balaban J connectivity index is 2.65. The van der Waals surface area contributed by atoms with E-state index >= 15 is 0 Å². The van der Waals surface area contributed by atoms with Gasteiger partial charge in [0.25, 0.3) is 0 Å². The molecule has 1 rings (SSSR count). The second-order valence-corrected chi connectivity index (χ2v) is 7.86. The van der Waals surface area contributed by atoms with Gasteiger partial charge in [0, 0.05) is 12.3 Å². The SMILES string of the molecule is CC(NC(=O)C(C)(C)S(C)(=O)=O)C1CCNC1. The quantitative estimate of drug-likeness (QED) is 0.743. The van der Waals surface area contributed by atoms with E-state index in [9.17, 15) is 13.2 Å². The average molecular weight is 262 g/mol. The monoisotopic (exact) mass is 262 g/mol. The standard InChI is InChI=1S/C11H22N2O3S/c1-8(9-5-6-12-7-9)13-10(14)11(2,3)17(4,15)16/h8-9,12H,5-7H2,1-4H3,(H,13,14). The summed E-state index contributed by atoms with van der Waals surface area (Å²) in [5.41, 5.74) is 0. The van der Waals surface area contributed by atoms with Gasteiger partial charge in [0.15, 0.2) is 9.84 Å². The molecule has 2 unspecified atom stereocenters. The fraction of sp³-hybridized carbons (Fsp3) is 0.909. The Bertz CT molecular complexity index is 384. The van der Waals surface area contributed by atoms with Gasteiger partial charge in [0.1, 0.15) is 4.75 Å². The molecule has 2 atom stereocenters. The highest BCUT2D eigenvalue weighted by atomic mass is 32.2. The van der Waals surface area contributed by atoms with E-state index in [1.807, 2.05) is 6.92 Å². The van der Waals surface area contributed by atoms with Crippen molar-refractivity contribution in [1.29, 1.82) is 0 Å². The summed E-state index contributed by atoms with van der Waals surface area (Å²) in [6.45, 7) is 6.64. The summed E-state index contributed by atoms with van der Waals surface area (Å²) < 4.78 is 21.7. The van der Waals surface area contributed by atoms with E-state index in [0.29, 0.717) is 5.92 Å². The molecule has 0 bridgehead atoms. The van der Waals surface area contributed by atoms with Crippen LogP contribution in [0.4, 0.5) is 0 Å². The molecule has 2 N–H and O–H groups in total. The molecule has 0 aromatic carbocycles. The predicted octanol–water partition coefficient (Wildman–Crippen LogP) is -0.0762. The van der Waals surface area contributed by atoms with Gasteiger partial charge < -0.3 is 10.6 Å². The van der Waals surface area contributed by atoms with Crippen LogP contribution in [0.2, 0.25) is 0 Å². The molecule has 0 radical (unpaired) electrons. The first kappa shape index (κ1) is 14.4. The van der Waals surface area contributed by atoms with Crippen LogP contribution >= 0.6 is 0 Å². The molecule has 0 aromatic rings. The lowest BCUT2D eigenvalue weighted by molar-refractivity contribution is -0.123. The van der Waals surface area contributed by atoms with E-state index in [2.05, 4.69) is 10.6 Å². The highest BCUT2D eigenvalue weighted by Gasteiger charge is 2.39. The molecule has 1 aliphatic heterocycles. The molecular weight excluding hydrogens is 240 g/mol. The van der Waals surface area contributed by atoms with Crippen LogP contribution < -0.4 is 10.6 Å². The summed E-state index contributed by atoms with van der Waals surface area (Å²) in [5, 5.41) is 6.04. The predicted molar refractivity (Wildman–Crippen MR) is 67.5 cm³/mol. The van der Waals surface area contributed by atoms with Crippen molar-refractivity contribution in [2.75, 3.05) is 19.3 Å². The molecule has 0 spiro atoms. The highest BCUT2D eigenvalue weighted by Crippen LogP contribution is 2.18. The van der Waals surface area contributed by atoms with E-state index in [1.54, 1.807) is 0 Å². The second-order valence-electron chi connectivity index (χ2n) is 5.30. The van der Waals surface area contributed by atoms with Gasteiger partial charge in [-0.05, 0) is 46.2 Å². The van der Waals surface area contributed by atoms with Crippen LogP contribution in [0.25, 0.3) is 0 Å². The molecule has 1 heterocycles. The Kier molecular flexibility index (Phi) is 4.19. The molecular formula is C11H22N2O3S. The average Bonchev–Trinajstić information content (AvgIpc) is 2.68. The van der Waals surface area contributed by atoms with E-state index in [1.165, 1.54) is 13.8 Å². The van der Waals surface area contributed by atoms with Gasteiger partial charge in [-0.3, -0.25) is 4.79 Å². The number of sulfone groups is 1. The van der Waals surface area contributed by atoms with Crippen molar-refractivity contribution in [3.05, 3.63) is 0 Å². The maximum Gasteiger partial charge on any atom is 0.241 e. The molecule has 6 heteroatoms. The van der Waals surface area contributed by atoms with Crippen molar-refractivity contribution in [3.63, 3.8) is 0 Å². The first-order valence-electron chi connectivity index (χ1n) is 5.87. The fourth-order valence-electron chi connectivity index (χ4n) is 1.77. The molecule has 1 amide bonds. The number of hydrogen-bond donors (Lipinski definition) is 2. The maximum atomic E-state index is 12.0. The molecule has 0 saturated carbocycles. The molecule has 1 aliphatic rings. The van der Waals surface area contributed by atoms with Gasteiger partial charge >= 0.3 is 0 Å². The van der Waals surface area contributed by atoms with Crippen LogP contribution in [-0.4, -0.2) is 44.5 Å². The summed E-state index contributed by atoms with van der Waals surface area (Å²) in [6, 6.07) is -0.00137. The number of carbonyl (C=O) groups excluding carboxylic acids is 1. The molecule has 100 valence electrons. The summed E-state index contributed by atoms with van der Waals surface area (Å²) in [7, 11) is -3.40. The zero-order chi connectivity index (χ0) is 13.3. The van der Waals surface area contributed by atoms with Crippen LogP contribution in [0.5, 0.6) is 0 Å². The van der Waals surface area contributed by atoms with Crippen LogP contribution in [0.1, 0.15) is 27.2 Å². The van der Waals surface area contributed by atoms with Crippen molar-refractivity contribution in [3.8, 4) is 0 Å². The molecule has 1 saturated heterocycles. The molecule has 17 heavy (non-hydrogen) atoms. The van der Waals surface area contributed by atoms with Crippen LogP contribution in [-0.2, 0) is 14.6 Å². The van der Waals surface area contributed by atoms with E-state index < -0.39 is 20.5 Å². The lowest BCUT2D eigenvalue weighted by Gasteiger charge is -2.26.